The number of amides is 8. The van der Waals surface area contributed by atoms with E-state index >= 15 is 0 Å². The molecule has 0 saturated carbocycles. The molecule has 0 spiro atoms. The second-order valence-electron chi connectivity index (χ2n) is 15.7. The average molecular weight is 965 g/mol. The number of guanidine groups is 1. The molecule has 2 saturated heterocycles. The zero-order chi connectivity index (χ0) is 46.8. The van der Waals surface area contributed by atoms with Crippen LogP contribution in [0.15, 0.2) is 41.8 Å². The fraction of sp³-hybridized carbons (Fsp3) is 0.537. The summed E-state index contributed by atoms with van der Waals surface area (Å²) in [6.45, 7) is 4.10. The van der Waals surface area contributed by atoms with Gasteiger partial charge in [-0.05, 0) is 60.1 Å². The summed E-state index contributed by atoms with van der Waals surface area (Å²) in [4.78, 5) is 112. The van der Waals surface area contributed by atoms with Gasteiger partial charge in [-0.15, -0.1) is 23.1 Å². The number of carbonyl (C=O) groups excluding carboxylic acids is 8. The Bertz CT molecular complexity index is 1960. The van der Waals surface area contributed by atoms with E-state index in [1.165, 1.54) is 39.8 Å². The normalized spacial score (nSPS) is 23.2. The first-order valence-electron chi connectivity index (χ1n) is 20.9. The summed E-state index contributed by atoms with van der Waals surface area (Å²) >= 11 is 10.1. The van der Waals surface area contributed by atoms with Gasteiger partial charge in [0, 0.05) is 53.8 Å². The average Bonchev–Trinajstić information content (AvgIpc) is 3.95. The summed E-state index contributed by atoms with van der Waals surface area (Å²) in [5.74, 6) is -5.28. The first-order chi connectivity index (χ1) is 30.5. The van der Waals surface area contributed by atoms with Crippen molar-refractivity contribution in [1.29, 1.82) is 5.41 Å². The van der Waals surface area contributed by atoms with Crippen LogP contribution in [0.1, 0.15) is 56.4 Å². The molecule has 0 aliphatic carbocycles. The molecule has 1 aromatic heterocycles. The number of nitrogens with two attached hydrogens (primary N) is 2. The fourth-order valence-electron chi connectivity index (χ4n) is 6.77. The number of thiophene rings is 1. The number of hydrogen-bond acceptors (Lipinski definition) is 12. The summed E-state index contributed by atoms with van der Waals surface area (Å²) in [5.41, 5.74) is 11.6. The summed E-state index contributed by atoms with van der Waals surface area (Å²) in [7, 11) is 0. The van der Waals surface area contributed by atoms with Crippen molar-refractivity contribution < 1.29 is 38.4 Å². The van der Waals surface area contributed by atoms with E-state index in [9.17, 15) is 38.4 Å². The van der Waals surface area contributed by atoms with Gasteiger partial charge in [0.25, 0.3) is 0 Å². The highest BCUT2D eigenvalue weighted by molar-refractivity contribution is 7.99. The third-order valence-corrected chi connectivity index (χ3v) is 13.5. The Labute approximate surface area is 389 Å². The Balaban J connectivity index is 1.61. The lowest BCUT2D eigenvalue weighted by atomic mass is 10.0. The molecule has 3 heterocycles. The Kier molecular flexibility index (Phi) is 21.0. The standard InChI is InChI=1S/C41H58ClN11O8S3/c1-23(2)34-39(60)50-29(19-32(43)54)36(57)51-30(40(61)53-22-63-21-31(53)38(59)46-13-3-4-14-47-41(44)45)20-62-15-6-8-33(55)48-27(17-24-9-11-25(42)12-10-24)35(56)49-28(37(58)52-34)18-26-7-5-16-64-26/h5,7,9-12,16,23,27-31,34H,3-4,6,8,13-15,17-22H2,1-2H3,(H2,43,54)(H,46,59)(H,48,55)(H,49,56)(H,50,60)(H,51,57)(H,52,58)(H4,44,45,47)/t27-,28-,29-,30-,31-,34-/m0/s1. The van der Waals surface area contributed by atoms with Crippen molar-refractivity contribution >= 4 is 99.7 Å². The number of halogens is 1. The van der Waals surface area contributed by atoms with Crippen molar-refractivity contribution in [3.8, 4) is 0 Å². The molecular formula is C41H58ClN11O8S3. The maximum absolute atomic E-state index is 14.3. The van der Waals surface area contributed by atoms with Gasteiger partial charge in [-0.25, -0.2) is 0 Å². The van der Waals surface area contributed by atoms with Crippen LogP contribution in [0.4, 0.5) is 0 Å². The van der Waals surface area contributed by atoms with E-state index in [-0.39, 0.29) is 42.8 Å². The zero-order valence-corrected chi connectivity index (χ0v) is 39.0. The van der Waals surface area contributed by atoms with Crippen LogP contribution >= 0.6 is 46.5 Å². The molecule has 1 aromatic carbocycles. The molecule has 0 radical (unpaired) electrons. The Morgan fingerprint density at radius 2 is 1.48 bits per heavy atom. The van der Waals surface area contributed by atoms with Crippen LogP contribution in [0, 0.1) is 11.3 Å². The fourth-order valence-corrected chi connectivity index (χ4v) is 9.79. The smallest absolute Gasteiger partial charge is 0.247 e. The number of primary amides is 1. The lowest BCUT2D eigenvalue weighted by Crippen LogP contribution is -2.61. The van der Waals surface area contributed by atoms with E-state index < -0.39 is 89.9 Å². The first-order valence-corrected chi connectivity index (χ1v) is 24.5. The summed E-state index contributed by atoms with van der Waals surface area (Å²) < 4.78 is 0. The van der Waals surface area contributed by atoms with Crippen LogP contribution in [0.2, 0.25) is 5.02 Å². The van der Waals surface area contributed by atoms with E-state index in [1.54, 1.807) is 50.2 Å². The third kappa shape index (κ3) is 16.8. The van der Waals surface area contributed by atoms with Crippen LogP contribution in [0.25, 0.3) is 0 Å². The summed E-state index contributed by atoms with van der Waals surface area (Å²) in [5, 5.41) is 28.7. The third-order valence-electron chi connectivity index (χ3n) is 10.2. The van der Waals surface area contributed by atoms with Gasteiger partial charge in [-0.3, -0.25) is 43.8 Å². The molecule has 6 atom stereocenters. The minimum atomic E-state index is -1.56. The molecular weight excluding hydrogens is 906 g/mol. The zero-order valence-electron chi connectivity index (χ0n) is 35.7. The largest absolute Gasteiger partial charge is 0.370 e. The number of nitrogens with zero attached hydrogens (tertiary/aromatic N) is 1. The number of nitrogens with one attached hydrogen (secondary N) is 8. The monoisotopic (exact) mass is 963 g/mol. The van der Waals surface area contributed by atoms with Crippen molar-refractivity contribution in [2.24, 2.45) is 17.4 Å². The number of carbonyl (C=O) groups is 8. The predicted molar refractivity (Wildman–Crippen MR) is 248 cm³/mol. The van der Waals surface area contributed by atoms with Crippen molar-refractivity contribution in [2.45, 2.75) is 95.0 Å². The first kappa shape index (κ1) is 51.6. The number of thioether (sulfide) groups is 2. The highest BCUT2D eigenvalue weighted by Gasteiger charge is 2.40. The topological polar surface area (TPSA) is 300 Å². The molecule has 2 fully saturated rings. The number of hydrogen-bond donors (Lipinski definition) is 10. The van der Waals surface area contributed by atoms with Crippen molar-refractivity contribution in [1.82, 2.24) is 42.1 Å². The Morgan fingerprint density at radius 3 is 2.14 bits per heavy atom. The number of unbranched alkanes of at least 4 members (excludes halogenated alkanes) is 1. The molecule has 8 amide bonds. The molecule has 19 nitrogen and oxygen atoms in total. The number of rotatable bonds is 14. The van der Waals surface area contributed by atoms with E-state index in [4.69, 9.17) is 28.5 Å². The van der Waals surface area contributed by atoms with Gasteiger partial charge in [0.1, 0.15) is 36.3 Å². The van der Waals surface area contributed by atoms with Gasteiger partial charge in [0.15, 0.2) is 5.96 Å². The lowest BCUT2D eigenvalue weighted by Gasteiger charge is -2.30. The van der Waals surface area contributed by atoms with E-state index in [1.807, 2.05) is 5.38 Å². The molecule has 64 heavy (non-hydrogen) atoms. The van der Waals surface area contributed by atoms with Gasteiger partial charge in [-0.2, -0.15) is 11.8 Å². The molecule has 23 heteroatoms. The van der Waals surface area contributed by atoms with Gasteiger partial charge in [-0.1, -0.05) is 43.6 Å². The Morgan fingerprint density at radius 1 is 0.828 bits per heavy atom. The molecule has 0 unspecified atom stereocenters. The highest BCUT2D eigenvalue weighted by atomic mass is 35.5. The number of benzene rings is 1. The minimum absolute atomic E-state index is 0.0000124. The highest BCUT2D eigenvalue weighted by Crippen LogP contribution is 2.23. The molecule has 350 valence electrons. The predicted octanol–water partition coefficient (Wildman–Crippen LogP) is -0.0499. The minimum Gasteiger partial charge on any atom is -0.370 e. The van der Waals surface area contributed by atoms with Crippen molar-refractivity contribution in [3.05, 3.63) is 57.2 Å². The SMILES string of the molecule is CC(C)[C@@H]1NC(=O)[C@H](Cc2cccs2)NC(=O)[C@H](Cc2ccc(Cl)cc2)NC(=O)CCCSC[C@@H](C(=O)N2CSC[C@H]2C(=O)NCCCCNC(=N)N)NC(=O)[C@H](CC(N)=O)NC1=O. The molecule has 2 aliphatic heterocycles. The van der Waals surface area contributed by atoms with Gasteiger partial charge in [0.2, 0.25) is 47.3 Å². The van der Waals surface area contributed by atoms with E-state index in [0.29, 0.717) is 54.4 Å². The summed E-state index contributed by atoms with van der Waals surface area (Å²) in [6.07, 6.45) is 1.03. The maximum Gasteiger partial charge on any atom is 0.247 e. The van der Waals surface area contributed by atoms with Crippen molar-refractivity contribution in [2.75, 3.05) is 36.2 Å². The Hall–Kier alpha value is -5.06. The summed E-state index contributed by atoms with van der Waals surface area (Å²) in [6, 6.07) is 3.15. The van der Waals surface area contributed by atoms with E-state index in [0.717, 1.165) is 4.88 Å². The van der Waals surface area contributed by atoms with Crippen LogP contribution in [0.3, 0.4) is 0 Å². The second kappa shape index (κ2) is 26.0. The van der Waals surface area contributed by atoms with Gasteiger partial charge in [0.05, 0.1) is 12.3 Å². The van der Waals surface area contributed by atoms with Crippen molar-refractivity contribution in [3.63, 3.8) is 0 Å². The quantitative estimate of drug-likeness (QED) is 0.0678. The molecule has 12 N–H and O–H groups in total. The molecule has 2 aliphatic rings. The lowest BCUT2D eigenvalue weighted by molar-refractivity contribution is -0.141. The maximum atomic E-state index is 14.3. The van der Waals surface area contributed by atoms with Crippen LogP contribution < -0.4 is 48.7 Å². The van der Waals surface area contributed by atoms with Crippen LogP contribution in [-0.4, -0.2) is 131 Å². The van der Waals surface area contributed by atoms with Gasteiger partial charge >= 0.3 is 0 Å². The molecule has 0 bridgehead atoms. The van der Waals surface area contributed by atoms with E-state index in [2.05, 4.69) is 37.2 Å². The second-order valence-corrected chi connectivity index (χ2v) is 19.3. The molecule has 2 aromatic rings. The van der Waals surface area contributed by atoms with Crippen LogP contribution in [-0.2, 0) is 51.2 Å². The van der Waals surface area contributed by atoms with Gasteiger partial charge < -0.3 is 53.6 Å². The molecule has 4 rings (SSSR count). The van der Waals surface area contributed by atoms with Crippen LogP contribution in [0.5, 0.6) is 0 Å².